The molecule has 0 aliphatic rings. The van der Waals surface area contributed by atoms with Crippen molar-refractivity contribution < 1.29 is 4.79 Å². The van der Waals surface area contributed by atoms with Gasteiger partial charge in [0.1, 0.15) is 0 Å². The first-order valence-corrected chi connectivity index (χ1v) is 7.60. The molecule has 0 bridgehead atoms. The quantitative estimate of drug-likeness (QED) is 0.773. The lowest BCUT2D eigenvalue weighted by Gasteiger charge is -2.13. The smallest absolute Gasteiger partial charge is 0.315 e. The molecule has 23 heavy (non-hydrogen) atoms. The Kier molecular flexibility index (Phi) is 4.43. The monoisotopic (exact) mass is 329 g/mol. The second-order valence-corrected chi connectivity index (χ2v) is 5.60. The number of fused-ring (bicyclic) bond motifs is 1. The molecule has 6 nitrogen and oxygen atoms in total. The molecule has 0 saturated carbocycles. The summed E-state index contributed by atoms with van der Waals surface area (Å²) in [6.07, 6.45) is 1.87. The van der Waals surface area contributed by atoms with Crippen LogP contribution in [0.2, 0.25) is 5.02 Å². The number of carbonyl (C=O) groups excluding carboxylic acids is 1. The van der Waals surface area contributed by atoms with E-state index in [2.05, 4.69) is 20.8 Å². The molecule has 0 aliphatic heterocycles. The number of halogens is 1. The van der Waals surface area contributed by atoms with E-state index in [4.69, 9.17) is 11.6 Å². The van der Waals surface area contributed by atoms with Gasteiger partial charge >= 0.3 is 6.03 Å². The van der Waals surface area contributed by atoms with Crippen molar-refractivity contribution in [2.45, 2.75) is 19.5 Å². The first-order valence-electron chi connectivity index (χ1n) is 7.22. The summed E-state index contributed by atoms with van der Waals surface area (Å²) >= 11 is 5.83. The Hall–Kier alpha value is -2.60. The Labute approximate surface area is 138 Å². The highest BCUT2D eigenvalue weighted by molar-refractivity contribution is 6.30. The molecule has 118 valence electrons. The molecule has 1 aromatic carbocycles. The number of hydrogen-bond donors (Lipinski definition) is 2. The number of hydrogen-bond acceptors (Lipinski definition) is 3. The number of nitrogens with one attached hydrogen (secondary N) is 2. The molecule has 7 heteroatoms. The van der Waals surface area contributed by atoms with Crippen LogP contribution in [0.25, 0.3) is 5.65 Å². The molecule has 2 aromatic heterocycles. The number of rotatable bonds is 4. The maximum atomic E-state index is 12.0. The van der Waals surface area contributed by atoms with Crippen LogP contribution in [-0.4, -0.2) is 20.6 Å². The van der Waals surface area contributed by atoms with E-state index in [-0.39, 0.29) is 12.1 Å². The van der Waals surface area contributed by atoms with Crippen LogP contribution < -0.4 is 10.6 Å². The van der Waals surface area contributed by atoms with Gasteiger partial charge in [-0.05, 0) is 36.8 Å². The number of benzene rings is 1. The second kappa shape index (κ2) is 6.66. The highest BCUT2D eigenvalue weighted by Gasteiger charge is 2.15. The lowest BCUT2D eigenvalue weighted by molar-refractivity contribution is 0.237. The minimum absolute atomic E-state index is 0.264. The summed E-state index contributed by atoms with van der Waals surface area (Å²) in [5, 5.41) is 14.5. The highest BCUT2D eigenvalue weighted by Crippen LogP contribution is 2.12. The minimum atomic E-state index is -0.266. The van der Waals surface area contributed by atoms with Gasteiger partial charge in [0, 0.05) is 17.8 Å². The second-order valence-electron chi connectivity index (χ2n) is 5.16. The predicted octanol–water partition coefficient (Wildman–Crippen LogP) is 2.94. The SMILES string of the molecule is C[C@@H](NC(=O)NCc1ccc(Cl)cc1)c1nnc2ccccn12. The lowest BCUT2D eigenvalue weighted by Crippen LogP contribution is -2.37. The van der Waals surface area contributed by atoms with Crippen LogP contribution >= 0.6 is 11.6 Å². The molecule has 0 radical (unpaired) electrons. The van der Waals surface area contributed by atoms with Gasteiger partial charge in [-0.2, -0.15) is 0 Å². The Morgan fingerprint density at radius 1 is 1.22 bits per heavy atom. The van der Waals surface area contributed by atoms with Gasteiger partial charge in [-0.25, -0.2) is 4.79 Å². The van der Waals surface area contributed by atoms with Gasteiger partial charge in [0.2, 0.25) is 0 Å². The third-order valence-corrected chi connectivity index (χ3v) is 3.69. The van der Waals surface area contributed by atoms with Crippen LogP contribution in [0, 0.1) is 0 Å². The summed E-state index contributed by atoms with van der Waals surface area (Å²) in [5.41, 5.74) is 1.72. The fourth-order valence-corrected chi connectivity index (χ4v) is 2.38. The molecule has 3 aromatic rings. The van der Waals surface area contributed by atoms with E-state index in [9.17, 15) is 4.79 Å². The van der Waals surface area contributed by atoms with E-state index in [1.165, 1.54) is 0 Å². The van der Waals surface area contributed by atoms with Gasteiger partial charge in [-0.1, -0.05) is 29.8 Å². The summed E-state index contributed by atoms with van der Waals surface area (Å²) in [6, 6.07) is 12.5. The van der Waals surface area contributed by atoms with Crippen LogP contribution in [-0.2, 0) is 6.54 Å². The zero-order valence-electron chi connectivity index (χ0n) is 12.5. The largest absolute Gasteiger partial charge is 0.334 e. The Morgan fingerprint density at radius 3 is 2.78 bits per heavy atom. The van der Waals surface area contributed by atoms with Crippen LogP contribution in [0.4, 0.5) is 4.79 Å². The maximum Gasteiger partial charge on any atom is 0.315 e. The highest BCUT2D eigenvalue weighted by atomic mass is 35.5. The molecule has 2 heterocycles. The number of pyridine rings is 1. The molecule has 0 aliphatic carbocycles. The molecular weight excluding hydrogens is 314 g/mol. The molecule has 2 N–H and O–H groups in total. The van der Waals surface area contributed by atoms with E-state index >= 15 is 0 Å². The Bertz CT molecular complexity index is 815. The summed E-state index contributed by atoms with van der Waals surface area (Å²) in [5.74, 6) is 0.683. The molecule has 2 amide bonds. The van der Waals surface area contributed by atoms with Crippen molar-refractivity contribution in [1.82, 2.24) is 25.2 Å². The molecule has 3 rings (SSSR count). The fourth-order valence-electron chi connectivity index (χ4n) is 2.25. The molecule has 0 unspecified atom stereocenters. The van der Waals surface area contributed by atoms with Gasteiger partial charge in [-0.3, -0.25) is 4.40 Å². The number of aromatic nitrogens is 3. The molecule has 1 atom stereocenters. The standard InChI is InChI=1S/C16H16ClN5O/c1-11(15-21-20-14-4-2-3-9-22(14)15)19-16(23)18-10-12-5-7-13(17)8-6-12/h2-9,11H,10H2,1H3,(H2,18,19,23)/t11-/m1/s1. The van der Waals surface area contributed by atoms with Crippen molar-refractivity contribution in [3.05, 3.63) is 65.1 Å². The van der Waals surface area contributed by atoms with Crippen LogP contribution in [0.3, 0.4) is 0 Å². The molecular formula is C16H16ClN5O. The number of nitrogens with zero attached hydrogens (tertiary/aromatic N) is 3. The average Bonchev–Trinajstić information content (AvgIpc) is 2.98. The Balaban J connectivity index is 1.60. The third-order valence-electron chi connectivity index (χ3n) is 3.44. The number of carbonyl (C=O) groups is 1. The van der Waals surface area contributed by atoms with Crippen LogP contribution in [0.1, 0.15) is 24.4 Å². The van der Waals surface area contributed by atoms with Crippen LogP contribution in [0.5, 0.6) is 0 Å². The van der Waals surface area contributed by atoms with E-state index in [0.29, 0.717) is 17.4 Å². The summed E-state index contributed by atoms with van der Waals surface area (Å²) in [6.45, 7) is 2.29. The van der Waals surface area contributed by atoms with Crippen molar-refractivity contribution in [1.29, 1.82) is 0 Å². The first kappa shape index (κ1) is 15.3. The van der Waals surface area contributed by atoms with E-state index in [0.717, 1.165) is 11.2 Å². The average molecular weight is 330 g/mol. The predicted molar refractivity (Wildman–Crippen MR) is 88.2 cm³/mol. The van der Waals surface area contributed by atoms with Gasteiger partial charge in [0.05, 0.1) is 6.04 Å². The normalized spacial score (nSPS) is 12.1. The summed E-state index contributed by atoms with van der Waals surface area (Å²) in [7, 11) is 0. The topological polar surface area (TPSA) is 71.3 Å². The minimum Gasteiger partial charge on any atom is -0.334 e. The molecule has 0 spiro atoms. The van der Waals surface area contributed by atoms with Crippen LogP contribution in [0.15, 0.2) is 48.7 Å². The summed E-state index contributed by atoms with van der Waals surface area (Å²) < 4.78 is 1.85. The third kappa shape index (κ3) is 3.60. The first-order chi connectivity index (χ1) is 11.1. The van der Waals surface area contributed by atoms with Gasteiger partial charge in [-0.15, -0.1) is 10.2 Å². The number of urea groups is 1. The molecule has 0 saturated heterocycles. The Morgan fingerprint density at radius 2 is 2.00 bits per heavy atom. The van der Waals surface area contributed by atoms with E-state index in [1.54, 1.807) is 12.1 Å². The van der Waals surface area contributed by atoms with Crippen molar-refractivity contribution in [2.24, 2.45) is 0 Å². The zero-order chi connectivity index (χ0) is 16.2. The van der Waals surface area contributed by atoms with Crippen molar-refractivity contribution in [3.8, 4) is 0 Å². The lowest BCUT2D eigenvalue weighted by atomic mass is 10.2. The van der Waals surface area contributed by atoms with E-state index in [1.807, 2.05) is 47.9 Å². The van der Waals surface area contributed by atoms with Crippen molar-refractivity contribution in [3.63, 3.8) is 0 Å². The molecule has 0 fully saturated rings. The van der Waals surface area contributed by atoms with Gasteiger partial charge < -0.3 is 10.6 Å². The maximum absolute atomic E-state index is 12.0. The van der Waals surface area contributed by atoms with Gasteiger partial charge in [0.15, 0.2) is 11.5 Å². The van der Waals surface area contributed by atoms with Crippen molar-refractivity contribution >= 4 is 23.3 Å². The van der Waals surface area contributed by atoms with E-state index < -0.39 is 0 Å². The fraction of sp³-hybridized carbons (Fsp3) is 0.188. The van der Waals surface area contributed by atoms with Gasteiger partial charge in [0.25, 0.3) is 0 Å². The summed E-state index contributed by atoms with van der Waals surface area (Å²) in [4.78, 5) is 12.0. The zero-order valence-corrected chi connectivity index (χ0v) is 13.3. The number of amides is 2. The van der Waals surface area contributed by atoms with Crippen molar-refractivity contribution in [2.75, 3.05) is 0 Å².